The van der Waals surface area contributed by atoms with Crippen LogP contribution in [-0.2, 0) is 14.5 Å². The summed E-state index contributed by atoms with van der Waals surface area (Å²) in [4.78, 5) is 15.8. The maximum absolute atomic E-state index is 12.2. The molecule has 1 rings (SSSR count). The van der Waals surface area contributed by atoms with Gasteiger partial charge in [0, 0.05) is 39.3 Å². The molecule has 4 N–H and O–H groups in total. The van der Waals surface area contributed by atoms with Crippen LogP contribution in [0.3, 0.4) is 0 Å². The normalized spacial score (nSPS) is 15.8. The number of hydrogen-bond donors (Lipinski definition) is 3. The molecule has 2 atom stereocenters. The van der Waals surface area contributed by atoms with Crippen LogP contribution in [-0.4, -0.2) is 32.6 Å². The first-order valence-electron chi connectivity index (χ1n) is 7.30. The zero-order chi connectivity index (χ0) is 16.8. The number of nitrogens with zero attached hydrogens (tertiary/aromatic N) is 1. The maximum atomic E-state index is 12.2. The van der Waals surface area contributed by atoms with E-state index in [1.165, 1.54) is 0 Å². The van der Waals surface area contributed by atoms with Crippen molar-refractivity contribution in [2.45, 2.75) is 39.7 Å². The van der Waals surface area contributed by atoms with Gasteiger partial charge in [0.1, 0.15) is 0 Å². The summed E-state index contributed by atoms with van der Waals surface area (Å²) in [6, 6.07) is 2.57. The average Bonchev–Trinajstić information content (AvgIpc) is 2.43. The van der Waals surface area contributed by atoms with Crippen molar-refractivity contribution in [3.05, 3.63) is 24.5 Å². The van der Waals surface area contributed by atoms with E-state index in [0.29, 0.717) is 17.9 Å². The fourth-order valence-electron chi connectivity index (χ4n) is 1.69. The van der Waals surface area contributed by atoms with Crippen molar-refractivity contribution in [3.8, 4) is 0 Å². The summed E-state index contributed by atoms with van der Waals surface area (Å²) in [5.74, 6) is 0.153. The summed E-state index contributed by atoms with van der Waals surface area (Å²) in [6.45, 7) is 6.16. The molecular weight excluding hydrogens is 300 g/mol. The van der Waals surface area contributed by atoms with Crippen molar-refractivity contribution >= 4 is 21.3 Å². The van der Waals surface area contributed by atoms with Crippen molar-refractivity contribution < 1.29 is 9.00 Å². The number of pyridine rings is 1. The van der Waals surface area contributed by atoms with Crippen molar-refractivity contribution in [2.24, 2.45) is 11.1 Å². The third-order valence-corrected chi connectivity index (χ3v) is 4.98. The van der Waals surface area contributed by atoms with Gasteiger partial charge in [-0.1, -0.05) is 20.8 Å². The Morgan fingerprint density at radius 2 is 1.95 bits per heavy atom. The molecule has 0 radical (unpaired) electrons. The van der Waals surface area contributed by atoms with Crippen LogP contribution >= 0.6 is 0 Å². The van der Waals surface area contributed by atoms with Crippen LogP contribution < -0.4 is 11.1 Å². The molecule has 0 saturated heterocycles. The number of anilines is 1. The first kappa shape index (κ1) is 18.6. The Balaban J connectivity index is 2.44. The molecule has 0 spiro atoms. The molecule has 124 valence electrons. The van der Waals surface area contributed by atoms with E-state index in [0.717, 1.165) is 0 Å². The van der Waals surface area contributed by atoms with Gasteiger partial charge in [-0.2, -0.15) is 0 Å². The predicted molar refractivity (Wildman–Crippen MR) is 90.1 cm³/mol. The van der Waals surface area contributed by atoms with E-state index in [1.54, 1.807) is 24.5 Å². The fourth-order valence-corrected chi connectivity index (χ4v) is 3.47. The highest BCUT2D eigenvalue weighted by atomic mass is 32.2. The van der Waals surface area contributed by atoms with Gasteiger partial charge >= 0.3 is 0 Å². The molecule has 1 aromatic heterocycles. The fraction of sp³-hybridized carbons (Fsp3) is 0.600. The van der Waals surface area contributed by atoms with E-state index in [9.17, 15) is 9.00 Å². The predicted octanol–water partition coefficient (Wildman–Crippen LogP) is 2.22. The second kappa shape index (κ2) is 7.69. The number of carbonyl (C=O) groups excluding carboxylic acids is 1. The molecular formula is C15H26N4O2S. The van der Waals surface area contributed by atoms with Gasteiger partial charge in [-0.25, -0.2) is 4.21 Å². The topological polar surface area (TPSA) is 109 Å². The lowest BCUT2D eigenvalue weighted by molar-refractivity contribution is -0.117. The zero-order valence-electron chi connectivity index (χ0n) is 13.5. The molecule has 1 aromatic rings. The summed E-state index contributed by atoms with van der Waals surface area (Å²) in [5.41, 5.74) is 6.48. The van der Waals surface area contributed by atoms with E-state index in [4.69, 9.17) is 10.5 Å². The van der Waals surface area contributed by atoms with Gasteiger partial charge in [-0.3, -0.25) is 14.6 Å². The second-order valence-corrected chi connectivity index (χ2v) is 9.09. The number of carbonyl (C=O) groups is 1. The summed E-state index contributed by atoms with van der Waals surface area (Å²) in [6.07, 6.45) is 4.10. The van der Waals surface area contributed by atoms with E-state index in [1.807, 2.05) is 0 Å². The molecule has 0 fully saturated rings. The Morgan fingerprint density at radius 1 is 1.36 bits per heavy atom. The van der Waals surface area contributed by atoms with Crippen LogP contribution in [0.15, 0.2) is 24.5 Å². The molecule has 1 unspecified atom stereocenters. The number of amides is 1. The van der Waals surface area contributed by atoms with Gasteiger partial charge in [0.15, 0.2) is 0 Å². The monoisotopic (exact) mass is 326 g/mol. The molecule has 0 aliphatic heterocycles. The summed E-state index contributed by atoms with van der Waals surface area (Å²) >= 11 is 0. The molecule has 0 aromatic carbocycles. The first-order chi connectivity index (χ1) is 10.1. The van der Waals surface area contributed by atoms with Gasteiger partial charge in [0.2, 0.25) is 5.91 Å². The number of rotatable bonds is 7. The van der Waals surface area contributed by atoms with Crippen LogP contribution in [0.4, 0.5) is 5.69 Å². The van der Waals surface area contributed by atoms with Crippen LogP contribution in [0.25, 0.3) is 0 Å². The van der Waals surface area contributed by atoms with Gasteiger partial charge < -0.3 is 11.1 Å². The molecule has 0 saturated carbocycles. The smallest absolute Gasteiger partial charge is 0.241 e. The maximum Gasteiger partial charge on any atom is 0.241 e. The number of hydrogen-bond acceptors (Lipinski definition) is 5. The molecule has 7 heteroatoms. The SMILES string of the molecule is CC(C)(C)CCS(=N)(=O)CC[C@H](N)C(=O)Nc1ccncc1. The molecule has 1 heterocycles. The standard InChI is InChI=1S/C15H26N4O2S/c1-15(2,3)7-11-22(17,21)10-6-13(16)14(20)19-12-4-8-18-9-5-12/h4-5,8-9,13,17H,6-7,10-11,16H2,1-3H3,(H,18,19,20)/t13-,22?/m0/s1. The number of nitrogens with two attached hydrogens (primary N) is 1. The molecule has 22 heavy (non-hydrogen) atoms. The van der Waals surface area contributed by atoms with Crippen LogP contribution in [0.1, 0.15) is 33.6 Å². The average molecular weight is 326 g/mol. The minimum Gasteiger partial charge on any atom is -0.325 e. The third-order valence-electron chi connectivity index (χ3n) is 3.23. The van der Waals surface area contributed by atoms with E-state index >= 15 is 0 Å². The van der Waals surface area contributed by atoms with Crippen LogP contribution in [0.5, 0.6) is 0 Å². The van der Waals surface area contributed by atoms with Crippen LogP contribution in [0, 0.1) is 10.2 Å². The molecule has 0 aliphatic carbocycles. The van der Waals surface area contributed by atoms with Gasteiger partial charge in [-0.05, 0) is 30.4 Å². The summed E-state index contributed by atoms with van der Waals surface area (Å²) in [5, 5.41) is 2.68. The summed E-state index contributed by atoms with van der Waals surface area (Å²) < 4.78 is 20.1. The van der Waals surface area contributed by atoms with Crippen LogP contribution in [0.2, 0.25) is 0 Å². The Morgan fingerprint density at radius 3 is 2.50 bits per heavy atom. The highest BCUT2D eigenvalue weighted by molar-refractivity contribution is 7.92. The lowest BCUT2D eigenvalue weighted by atomic mass is 9.94. The highest BCUT2D eigenvalue weighted by Gasteiger charge is 2.19. The van der Waals surface area contributed by atoms with Gasteiger partial charge in [0.25, 0.3) is 0 Å². The Bertz CT molecular complexity index is 579. The zero-order valence-corrected chi connectivity index (χ0v) is 14.3. The Hall–Kier alpha value is -1.47. The lowest BCUT2D eigenvalue weighted by Gasteiger charge is -2.19. The largest absolute Gasteiger partial charge is 0.325 e. The van der Waals surface area contributed by atoms with Gasteiger partial charge in [-0.15, -0.1) is 0 Å². The van der Waals surface area contributed by atoms with E-state index in [-0.39, 0.29) is 23.5 Å². The third kappa shape index (κ3) is 7.51. The highest BCUT2D eigenvalue weighted by Crippen LogP contribution is 2.20. The second-order valence-electron chi connectivity index (χ2n) is 6.65. The summed E-state index contributed by atoms with van der Waals surface area (Å²) in [7, 11) is -2.69. The molecule has 1 amide bonds. The Labute approximate surface area is 132 Å². The minimum atomic E-state index is -2.69. The van der Waals surface area contributed by atoms with Crippen molar-refractivity contribution in [2.75, 3.05) is 16.8 Å². The Kier molecular flexibility index (Phi) is 6.49. The van der Waals surface area contributed by atoms with Gasteiger partial charge in [0.05, 0.1) is 6.04 Å². The first-order valence-corrected chi connectivity index (χ1v) is 9.19. The molecule has 0 aliphatic rings. The van der Waals surface area contributed by atoms with E-state index in [2.05, 4.69) is 31.1 Å². The van der Waals surface area contributed by atoms with E-state index < -0.39 is 15.8 Å². The lowest BCUT2D eigenvalue weighted by Crippen LogP contribution is -2.37. The molecule has 0 bridgehead atoms. The van der Waals surface area contributed by atoms with Crippen molar-refractivity contribution in [3.63, 3.8) is 0 Å². The van der Waals surface area contributed by atoms with Crippen molar-refractivity contribution in [1.82, 2.24) is 4.98 Å². The number of aromatic nitrogens is 1. The van der Waals surface area contributed by atoms with Crippen molar-refractivity contribution in [1.29, 1.82) is 4.78 Å². The molecule has 6 nitrogen and oxygen atoms in total. The minimum absolute atomic E-state index is 0.0462. The number of nitrogens with one attached hydrogen (secondary N) is 2. The quantitative estimate of drug-likeness (QED) is 0.713.